The molecular weight excluding hydrogens is 240 g/mol. The molecule has 0 atom stereocenters. The molecule has 1 fully saturated rings. The quantitative estimate of drug-likeness (QED) is 0.806. The number of unbranched alkanes of at least 4 members (excludes halogenated alkanes) is 1. The van der Waals surface area contributed by atoms with Gasteiger partial charge in [0.25, 0.3) is 0 Å². The van der Waals surface area contributed by atoms with Crippen molar-refractivity contribution in [3.63, 3.8) is 0 Å². The topological polar surface area (TPSA) is 82.1 Å². The van der Waals surface area contributed by atoms with Gasteiger partial charge in [0.05, 0.1) is 6.07 Å². The van der Waals surface area contributed by atoms with Crippen molar-refractivity contribution < 1.29 is 0 Å². The molecule has 1 aromatic rings. The minimum absolute atomic E-state index is 0.339. The fourth-order valence-corrected chi connectivity index (χ4v) is 2.32. The number of aromatic nitrogens is 2. The van der Waals surface area contributed by atoms with Crippen LogP contribution in [0.2, 0.25) is 0 Å². The Balaban J connectivity index is 1.87. The van der Waals surface area contributed by atoms with Crippen molar-refractivity contribution in [2.24, 2.45) is 0 Å². The predicted molar refractivity (Wildman–Crippen MR) is 74.7 cm³/mol. The number of rotatable bonds is 4. The molecule has 0 aliphatic carbocycles. The molecule has 0 amide bonds. The van der Waals surface area contributed by atoms with Gasteiger partial charge in [0.15, 0.2) is 0 Å². The van der Waals surface area contributed by atoms with Gasteiger partial charge in [-0.15, -0.1) is 0 Å². The number of hydrogen-bond acceptors (Lipinski definition) is 6. The highest BCUT2D eigenvalue weighted by atomic mass is 15.3. The molecule has 1 aliphatic rings. The number of nitrogens with two attached hydrogens (primary N) is 1. The van der Waals surface area contributed by atoms with Crippen molar-refractivity contribution in [1.29, 1.82) is 5.26 Å². The lowest BCUT2D eigenvalue weighted by Crippen LogP contribution is -2.47. The van der Waals surface area contributed by atoms with E-state index in [9.17, 15) is 0 Å². The monoisotopic (exact) mass is 260 g/mol. The maximum atomic E-state index is 8.54. The molecule has 1 aromatic heterocycles. The Morgan fingerprint density at radius 1 is 1.32 bits per heavy atom. The van der Waals surface area contributed by atoms with Gasteiger partial charge in [-0.25, -0.2) is 4.98 Å². The van der Waals surface area contributed by atoms with Crippen molar-refractivity contribution in [3.05, 3.63) is 11.8 Å². The number of nitriles is 1. The Hall–Kier alpha value is -1.87. The number of nitrogen functional groups attached to an aromatic ring is 1. The van der Waals surface area contributed by atoms with Gasteiger partial charge >= 0.3 is 0 Å². The number of anilines is 2. The van der Waals surface area contributed by atoms with Gasteiger partial charge in [0, 0.05) is 44.4 Å². The minimum atomic E-state index is 0.339. The number of nitrogens with zero attached hydrogens (tertiary/aromatic N) is 5. The van der Waals surface area contributed by atoms with E-state index in [1.165, 1.54) is 0 Å². The molecule has 0 aromatic carbocycles. The molecule has 0 unspecified atom stereocenters. The van der Waals surface area contributed by atoms with Crippen LogP contribution in [-0.4, -0.2) is 47.6 Å². The summed E-state index contributed by atoms with van der Waals surface area (Å²) in [6.07, 6.45) is 1.60. The second-order valence-electron chi connectivity index (χ2n) is 4.82. The van der Waals surface area contributed by atoms with E-state index in [1.54, 1.807) is 0 Å². The van der Waals surface area contributed by atoms with Crippen molar-refractivity contribution in [2.45, 2.75) is 19.8 Å². The molecule has 19 heavy (non-hydrogen) atoms. The van der Waals surface area contributed by atoms with Gasteiger partial charge in [-0.2, -0.15) is 10.2 Å². The number of hydrogen-bond donors (Lipinski definition) is 1. The SMILES string of the molecule is Cc1cc(N2CCN(CCCC#N)CC2)nc(N)n1. The summed E-state index contributed by atoms with van der Waals surface area (Å²) in [4.78, 5) is 13.0. The number of aryl methyl sites for hydroxylation is 1. The summed E-state index contributed by atoms with van der Waals surface area (Å²) in [5.41, 5.74) is 6.59. The first-order valence-electron chi connectivity index (χ1n) is 6.64. The molecule has 6 heteroatoms. The molecule has 0 bridgehead atoms. The van der Waals surface area contributed by atoms with E-state index in [0.29, 0.717) is 12.4 Å². The zero-order chi connectivity index (χ0) is 13.7. The summed E-state index contributed by atoms with van der Waals surface area (Å²) < 4.78 is 0. The zero-order valence-corrected chi connectivity index (χ0v) is 11.3. The first-order chi connectivity index (χ1) is 9.19. The van der Waals surface area contributed by atoms with Crippen LogP contribution in [0.1, 0.15) is 18.5 Å². The van der Waals surface area contributed by atoms with Crippen LogP contribution in [-0.2, 0) is 0 Å². The largest absolute Gasteiger partial charge is 0.368 e. The summed E-state index contributed by atoms with van der Waals surface area (Å²) in [7, 11) is 0. The van der Waals surface area contributed by atoms with Crippen LogP contribution in [0.15, 0.2) is 6.07 Å². The van der Waals surface area contributed by atoms with Crippen LogP contribution in [0.4, 0.5) is 11.8 Å². The Morgan fingerprint density at radius 3 is 2.68 bits per heavy atom. The third kappa shape index (κ3) is 3.80. The van der Waals surface area contributed by atoms with E-state index in [4.69, 9.17) is 11.0 Å². The highest BCUT2D eigenvalue weighted by Gasteiger charge is 2.18. The van der Waals surface area contributed by atoms with Crippen LogP contribution >= 0.6 is 0 Å². The van der Waals surface area contributed by atoms with E-state index in [0.717, 1.165) is 50.7 Å². The van der Waals surface area contributed by atoms with Crippen LogP contribution in [0.25, 0.3) is 0 Å². The molecule has 0 spiro atoms. The molecule has 1 saturated heterocycles. The van der Waals surface area contributed by atoms with Gasteiger partial charge in [-0.05, 0) is 19.9 Å². The van der Waals surface area contributed by atoms with Gasteiger partial charge < -0.3 is 10.6 Å². The Kier molecular flexibility index (Phi) is 4.53. The molecular formula is C13H20N6. The molecule has 0 saturated carbocycles. The molecule has 2 rings (SSSR count). The lowest BCUT2D eigenvalue weighted by Gasteiger charge is -2.35. The van der Waals surface area contributed by atoms with Crippen molar-refractivity contribution in [2.75, 3.05) is 43.4 Å². The van der Waals surface area contributed by atoms with E-state index in [1.807, 2.05) is 13.0 Å². The Morgan fingerprint density at radius 2 is 2.05 bits per heavy atom. The van der Waals surface area contributed by atoms with E-state index < -0.39 is 0 Å². The van der Waals surface area contributed by atoms with Gasteiger partial charge in [0.2, 0.25) is 5.95 Å². The summed E-state index contributed by atoms with van der Waals surface area (Å²) in [5.74, 6) is 1.26. The average Bonchev–Trinajstić information content (AvgIpc) is 2.39. The molecule has 102 valence electrons. The van der Waals surface area contributed by atoms with Gasteiger partial charge in [-0.1, -0.05) is 0 Å². The Bertz CT molecular complexity index is 438. The van der Waals surface area contributed by atoms with E-state index in [2.05, 4.69) is 25.8 Å². The summed E-state index contributed by atoms with van der Waals surface area (Å²) in [6, 6.07) is 4.16. The fourth-order valence-electron chi connectivity index (χ4n) is 2.32. The van der Waals surface area contributed by atoms with Crippen molar-refractivity contribution in [3.8, 4) is 6.07 Å². The first-order valence-corrected chi connectivity index (χ1v) is 6.64. The molecule has 0 radical (unpaired) electrons. The smallest absolute Gasteiger partial charge is 0.222 e. The predicted octanol–water partition coefficient (Wildman–Crippen LogP) is 0.793. The van der Waals surface area contributed by atoms with Crippen LogP contribution in [0, 0.1) is 18.3 Å². The Labute approximate surface area is 113 Å². The standard InChI is InChI=1S/C13H20N6/c1-11-10-12(17-13(15)16-11)19-8-6-18(7-9-19)5-3-2-4-14/h10H,2-3,5-9H2,1H3,(H2,15,16,17). The molecule has 2 heterocycles. The summed E-state index contributed by atoms with van der Waals surface area (Å²) >= 11 is 0. The lowest BCUT2D eigenvalue weighted by molar-refractivity contribution is 0.255. The highest BCUT2D eigenvalue weighted by molar-refractivity contribution is 5.43. The first kappa shape index (κ1) is 13.6. The third-order valence-corrected chi connectivity index (χ3v) is 3.32. The normalized spacial score (nSPS) is 16.3. The lowest BCUT2D eigenvalue weighted by atomic mass is 10.2. The second kappa shape index (κ2) is 6.34. The maximum Gasteiger partial charge on any atom is 0.222 e. The van der Waals surface area contributed by atoms with Gasteiger partial charge in [0.1, 0.15) is 5.82 Å². The van der Waals surface area contributed by atoms with Crippen LogP contribution in [0.3, 0.4) is 0 Å². The second-order valence-corrected chi connectivity index (χ2v) is 4.82. The minimum Gasteiger partial charge on any atom is -0.368 e. The van der Waals surface area contributed by atoms with E-state index >= 15 is 0 Å². The molecule has 2 N–H and O–H groups in total. The molecule has 6 nitrogen and oxygen atoms in total. The number of piperazine rings is 1. The average molecular weight is 260 g/mol. The van der Waals surface area contributed by atoms with E-state index in [-0.39, 0.29) is 0 Å². The summed E-state index contributed by atoms with van der Waals surface area (Å²) in [6.45, 7) is 6.85. The summed E-state index contributed by atoms with van der Waals surface area (Å²) in [5, 5.41) is 8.54. The highest BCUT2D eigenvalue weighted by Crippen LogP contribution is 2.15. The fraction of sp³-hybridized carbons (Fsp3) is 0.615. The van der Waals surface area contributed by atoms with Crippen molar-refractivity contribution in [1.82, 2.24) is 14.9 Å². The van der Waals surface area contributed by atoms with Crippen molar-refractivity contribution >= 4 is 11.8 Å². The van der Waals surface area contributed by atoms with Crippen LogP contribution < -0.4 is 10.6 Å². The van der Waals surface area contributed by atoms with Gasteiger partial charge in [-0.3, -0.25) is 4.90 Å². The molecule has 1 aliphatic heterocycles. The maximum absolute atomic E-state index is 8.54. The zero-order valence-electron chi connectivity index (χ0n) is 11.3. The van der Waals surface area contributed by atoms with Crippen LogP contribution in [0.5, 0.6) is 0 Å². The third-order valence-electron chi connectivity index (χ3n) is 3.32.